The minimum Gasteiger partial charge on any atom is -0.368 e. The summed E-state index contributed by atoms with van der Waals surface area (Å²) in [6.45, 7) is 5.27. The number of hydrogen-bond donors (Lipinski definition) is 1. The Bertz CT molecular complexity index is 694. The summed E-state index contributed by atoms with van der Waals surface area (Å²) in [7, 11) is 0. The van der Waals surface area contributed by atoms with E-state index in [0.717, 1.165) is 42.8 Å². The first-order chi connectivity index (χ1) is 11.7. The maximum atomic E-state index is 12.4. The van der Waals surface area contributed by atoms with E-state index >= 15 is 0 Å². The van der Waals surface area contributed by atoms with Crippen molar-refractivity contribution in [2.24, 2.45) is 0 Å². The number of rotatable bonds is 3. The first kappa shape index (κ1) is 16.8. The molecule has 1 heterocycles. The number of amides is 2. The van der Waals surface area contributed by atoms with Gasteiger partial charge in [-0.25, -0.2) is 4.79 Å². The molecule has 24 heavy (non-hydrogen) atoms. The summed E-state index contributed by atoms with van der Waals surface area (Å²) in [6.07, 6.45) is 1.01. The largest absolute Gasteiger partial charge is 0.368 e. The molecule has 5 heteroatoms. The summed E-state index contributed by atoms with van der Waals surface area (Å²) in [5.74, 6) is 0. The Morgan fingerprint density at radius 2 is 1.79 bits per heavy atom. The van der Waals surface area contributed by atoms with Crippen LogP contribution in [0.3, 0.4) is 0 Å². The summed E-state index contributed by atoms with van der Waals surface area (Å²) in [4.78, 5) is 16.6. The Kier molecular flexibility index (Phi) is 5.41. The molecule has 2 aromatic carbocycles. The third kappa shape index (κ3) is 4.09. The number of halogens is 1. The fraction of sp³-hybridized carbons (Fsp3) is 0.316. The minimum absolute atomic E-state index is 0.0202. The molecule has 4 nitrogen and oxygen atoms in total. The monoisotopic (exact) mass is 387 g/mol. The van der Waals surface area contributed by atoms with Gasteiger partial charge in [0, 0.05) is 42.0 Å². The van der Waals surface area contributed by atoms with Crippen molar-refractivity contribution >= 4 is 33.3 Å². The average molecular weight is 388 g/mol. The normalized spacial score (nSPS) is 14.6. The van der Waals surface area contributed by atoms with E-state index in [1.165, 1.54) is 11.3 Å². The van der Waals surface area contributed by atoms with Crippen molar-refractivity contribution in [2.75, 3.05) is 36.4 Å². The first-order valence-electron chi connectivity index (χ1n) is 8.31. The van der Waals surface area contributed by atoms with Crippen LogP contribution in [0.2, 0.25) is 0 Å². The zero-order chi connectivity index (χ0) is 16.9. The Balaban J connectivity index is 1.54. The summed E-state index contributed by atoms with van der Waals surface area (Å²) in [6, 6.07) is 16.3. The smallest absolute Gasteiger partial charge is 0.321 e. The number of nitrogens with zero attached hydrogens (tertiary/aromatic N) is 2. The van der Waals surface area contributed by atoms with E-state index in [1.54, 1.807) is 0 Å². The predicted octanol–water partition coefficient (Wildman–Crippen LogP) is 4.37. The molecule has 2 amide bonds. The minimum atomic E-state index is -0.0202. The van der Waals surface area contributed by atoms with Gasteiger partial charge in [-0.1, -0.05) is 41.1 Å². The second-order valence-corrected chi connectivity index (χ2v) is 6.85. The molecule has 1 N–H and O–H groups in total. The van der Waals surface area contributed by atoms with Crippen molar-refractivity contribution in [1.29, 1.82) is 0 Å². The van der Waals surface area contributed by atoms with Gasteiger partial charge in [-0.15, -0.1) is 0 Å². The van der Waals surface area contributed by atoms with Crippen molar-refractivity contribution in [3.63, 3.8) is 0 Å². The molecule has 0 aromatic heterocycles. The Hall–Kier alpha value is -2.01. The fourth-order valence-electron chi connectivity index (χ4n) is 2.87. The quantitative estimate of drug-likeness (QED) is 0.848. The van der Waals surface area contributed by atoms with Crippen LogP contribution >= 0.6 is 15.9 Å². The van der Waals surface area contributed by atoms with Crippen molar-refractivity contribution in [3.8, 4) is 0 Å². The van der Waals surface area contributed by atoms with Crippen molar-refractivity contribution in [1.82, 2.24) is 4.90 Å². The maximum absolute atomic E-state index is 12.4. The van der Waals surface area contributed by atoms with E-state index in [0.29, 0.717) is 0 Å². The molecule has 0 unspecified atom stereocenters. The number of urea groups is 1. The highest BCUT2D eigenvalue weighted by Gasteiger charge is 2.21. The molecule has 1 saturated heterocycles. The van der Waals surface area contributed by atoms with E-state index in [4.69, 9.17) is 0 Å². The number of carbonyl (C=O) groups excluding carboxylic acids is 1. The molecule has 0 bridgehead atoms. The lowest BCUT2D eigenvalue weighted by atomic mass is 10.1. The number of anilines is 2. The van der Waals surface area contributed by atoms with Crippen molar-refractivity contribution in [2.45, 2.75) is 13.3 Å². The van der Waals surface area contributed by atoms with E-state index in [-0.39, 0.29) is 6.03 Å². The average Bonchev–Trinajstić information content (AvgIpc) is 2.62. The molecule has 3 rings (SSSR count). The lowest BCUT2D eigenvalue weighted by Gasteiger charge is -2.36. The van der Waals surface area contributed by atoms with Crippen LogP contribution in [0, 0.1) is 0 Å². The molecular weight excluding hydrogens is 366 g/mol. The van der Waals surface area contributed by atoms with E-state index in [2.05, 4.69) is 57.3 Å². The standard InChI is InChI=1S/C19H22BrN3O/c1-2-15-6-8-17(9-7-15)21-19(24)23-12-10-22(11-13-23)18-5-3-4-16(20)14-18/h3-9,14H,2,10-13H2,1H3,(H,21,24). The van der Waals surface area contributed by atoms with Crippen LogP contribution in [0.15, 0.2) is 53.0 Å². The molecule has 2 aromatic rings. The maximum Gasteiger partial charge on any atom is 0.321 e. The molecule has 1 aliphatic rings. The van der Waals surface area contributed by atoms with Crippen LogP contribution in [0.25, 0.3) is 0 Å². The third-order valence-electron chi connectivity index (χ3n) is 4.35. The van der Waals surface area contributed by atoms with Gasteiger partial charge in [-0.05, 0) is 42.3 Å². The SMILES string of the molecule is CCc1ccc(NC(=O)N2CCN(c3cccc(Br)c3)CC2)cc1. The number of benzene rings is 2. The summed E-state index contributed by atoms with van der Waals surface area (Å²) >= 11 is 3.51. The van der Waals surface area contributed by atoms with E-state index < -0.39 is 0 Å². The predicted molar refractivity (Wildman–Crippen MR) is 103 cm³/mol. The highest BCUT2D eigenvalue weighted by atomic mass is 79.9. The summed E-state index contributed by atoms with van der Waals surface area (Å²) in [5.41, 5.74) is 3.32. The third-order valence-corrected chi connectivity index (χ3v) is 4.85. The number of carbonyl (C=O) groups is 1. The molecule has 126 valence electrons. The van der Waals surface area contributed by atoms with Crippen LogP contribution in [0.5, 0.6) is 0 Å². The van der Waals surface area contributed by atoms with E-state index in [1.807, 2.05) is 29.2 Å². The van der Waals surface area contributed by atoms with Gasteiger partial charge in [0.15, 0.2) is 0 Å². The van der Waals surface area contributed by atoms with Crippen molar-refractivity contribution in [3.05, 3.63) is 58.6 Å². The molecule has 0 atom stereocenters. The van der Waals surface area contributed by atoms with Gasteiger partial charge in [-0.3, -0.25) is 0 Å². The lowest BCUT2D eigenvalue weighted by molar-refractivity contribution is 0.208. The van der Waals surface area contributed by atoms with Gasteiger partial charge in [0.1, 0.15) is 0 Å². The van der Waals surface area contributed by atoms with Crippen LogP contribution < -0.4 is 10.2 Å². The Labute approximate surface area is 151 Å². The zero-order valence-corrected chi connectivity index (χ0v) is 15.4. The molecular formula is C19H22BrN3O. The van der Waals surface area contributed by atoms with Crippen LogP contribution in [0.4, 0.5) is 16.2 Å². The van der Waals surface area contributed by atoms with Gasteiger partial charge < -0.3 is 15.1 Å². The number of piperazine rings is 1. The molecule has 0 aliphatic carbocycles. The lowest BCUT2D eigenvalue weighted by Crippen LogP contribution is -2.50. The van der Waals surface area contributed by atoms with Gasteiger partial charge in [0.2, 0.25) is 0 Å². The van der Waals surface area contributed by atoms with E-state index in [9.17, 15) is 4.79 Å². The first-order valence-corrected chi connectivity index (χ1v) is 9.10. The molecule has 0 saturated carbocycles. The van der Waals surface area contributed by atoms with Crippen LogP contribution in [-0.4, -0.2) is 37.1 Å². The van der Waals surface area contributed by atoms with Gasteiger partial charge >= 0.3 is 6.03 Å². The summed E-state index contributed by atoms with van der Waals surface area (Å²) < 4.78 is 1.08. The fourth-order valence-corrected chi connectivity index (χ4v) is 3.25. The number of aryl methyl sites for hydroxylation is 1. The van der Waals surface area contributed by atoms with Gasteiger partial charge in [0.25, 0.3) is 0 Å². The second kappa shape index (κ2) is 7.71. The molecule has 1 fully saturated rings. The van der Waals surface area contributed by atoms with Gasteiger partial charge in [0.05, 0.1) is 0 Å². The number of hydrogen-bond acceptors (Lipinski definition) is 2. The highest BCUT2D eigenvalue weighted by Crippen LogP contribution is 2.21. The summed E-state index contributed by atoms with van der Waals surface area (Å²) in [5, 5.41) is 2.99. The van der Waals surface area contributed by atoms with Crippen molar-refractivity contribution < 1.29 is 4.79 Å². The van der Waals surface area contributed by atoms with Crippen LogP contribution in [-0.2, 0) is 6.42 Å². The molecule has 0 radical (unpaired) electrons. The molecule has 0 spiro atoms. The Morgan fingerprint density at radius 1 is 1.08 bits per heavy atom. The topological polar surface area (TPSA) is 35.6 Å². The highest BCUT2D eigenvalue weighted by molar-refractivity contribution is 9.10. The Morgan fingerprint density at radius 3 is 2.42 bits per heavy atom. The van der Waals surface area contributed by atoms with Gasteiger partial charge in [-0.2, -0.15) is 0 Å². The van der Waals surface area contributed by atoms with Crippen LogP contribution in [0.1, 0.15) is 12.5 Å². The number of nitrogens with one attached hydrogen (secondary N) is 1. The zero-order valence-electron chi connectivity index (χ0n) is 13.8. The molecule has 1 aliphatic heterocycles. The second-order valence-electron chi connectivity index (χ2n) is 5.93.